The fourth-order valence-electron chi connectivity index (χ4n) is 3.00. The third kappa shape index (κ3) is 2.21. The molecule has 1 aromatic heterocycles. The van der Waals surface area contributed by atoms with E-state index in [4.69, 9.17) is 9.84 Å². The summed E-state index contributed by atoms with van der Waals surface area (Å²) in [6, 6.07) is 2.20. The van der Waals surface area contributed by atoms with Crippen LogP contribution in [-0.4, -0.2) is 48.0 Å². The molecule has 0 saturated carbocycles. The van der Waals surface area contributed by atoms with Gasteiger partial charge in [-0.25, -0.2) is 4.68 Å². The molecular formula is C15H24N4O2. The molecule has 2 aliphatic heterocycles. The number of amides is 1. The molecule has 2 atom stereocenters. The Labute approximate surface area is 125 Å². The molecule has 116 valence electrons. The van der Waals surface area contributed by atoms with Crippen LogP contribution < -0.4 is 10.2 Å². The molecule has 1 amide bonds. The molecule has 3 heterocycles. The van der Waals surface area contributed by atoms with Gasteiger partial charge in [0, 0.05) is 19.2 Å². The summed E-state index contributed by atoms with van der Waals surface area (Å²) in [6.45, 7) is 11.5. The fourth-order valence-corrected chi connectivity index (χ4v) is 3.00. The van der Waals surface area contributed by atoms with Gasteiger partial charge in [0.2, 0.25) is 0 Å². The second-order valence-electron chi connectivity index (χ2n) is 6.61. The molecule has 1 N–H and O–H groups in total. The highest BCUT2D eigenvalue weighted by molar-refractivity contribution is 5.94. The van der Waals surface area contributed by atoms with Gasteiger partial charge in [0.05, 0.1) is 24.8 Å². The van der Waals surface area contributed by atoms with E-state index in [1.807, 2.05) is 10.7 Å². The monoisotopic (exact) mass is 292 g/mol. The predicted molar refractivity (Wildman–Crippen MR) is 80.7 cm³/mol. The molecule has 6 heteroatoms. The third-order valence-electron chi connectivity index (χ3n) is 4.93. The van der Waals surface area contributed by atoms with E-state index in [-0.39, 0.29) is 17.5 Å². The number of hydrogen-bond donors (Lipinski definition) is 1. The zero-order chi connectivity index (χ0) is 15.2. The quantitative estimate of drug-likeness (QED) is 0.890. The lowest BCUT2D eigenvalue weighted by molar-refractivity contribution is 0.0818. The largest absolute Gasteiger partial charge is 0.377 e. The zero-order valence-corrected chi connectivity index (χ0v) is 13.2. The Morgan fingerprint density at radius 3 is 2.95 bits per heavy atom. The summed E-state index contributed by atoms with van der Waals surface area (Å²) < 4.78 is 7.40. The first-order valence-electron chi connectivity index (χ1n) is 7.66. The second kappa shape index (κ2) is 5.02. The van der Waals surface area contributed by atoms with Crippen molar-refractivity contribution in [2.45, 2.75) is 39.3 Å². The number of nitrogens with zero attached hydrogens (tertiary/aromatic N) is 3. The average Bonchev–Trinajstić information content (AvgIpc) is 2.90. The van der Waals surface area contributed by atoms with Gasteiger partial charge in [-0.1, -0.05) is 13.8 Å². The number of ether oxygens (including phenoxy) is 1. The van der Waals surface area contributed by atoms with E-state index in [1.54, 1.807) is 0 Å². The molecule has 0 aromatic carbocycles. The van der Waals surface area contributed by atoms with E-state index >= 15 is 0 Å². The van der Waals surface area contributed by atoms with Crippen molar-refractivity contribution >= 4 is 11.7 Å². The highest BCUT2D eigenvalue weighted by Gasteiger charge is 2.40. The molecular weight excluding hydrogens is 268 g/mol. The Balaban J connectivity index is 2.02. The smallest absolute Gasteiger partial charge is 0.269 e. The van der Waals surface area contributed by atoms with Crippen LogP contribution in [0.3, 0.4) is 0 Å². The first-order chi connectivity index (χ1) is 9.93. The van der Waals surface area contributed by atoms with Crippen LogP contribution in [0.5, 0.6) is 0 Å². The van der Waals surface area contributed by atoms with Gasteiger partial charge in [-0.15, -0.1) is 0 Å². The molecule has 1 aromatic rings. The van der Waals surface area contributed by atoms with Gasteiger partial charge in [-0.05, 0) is 19.8 Å². The van der Waals surface area contributed by atoms with E-state index in [1.165, 1.54) is 0 Å². The number of rotatable bonds is 2. The van der Waals surface area contributed by atoms with Gasteiger partial charge in [0.25, 0.3) is 5.91 Å². The summed E-state index contributed by atoms with van der Waals surface area (Å²) in [5, 5.41) is 7.77. The molecule has 0 unspecified atom stereocenters. The van der Waals surface area contributed by atoms with Gasteiger partial charge in [-0.2, -0.15) is 5.10 Å². The summed E-state index contributed by atoms with van der Waals surface area (Å²) in [5.41, 5.74) is 0.475. The average molecular weight is 292 g/mol. The number of nitrogens with one attached hydrogen (secondary N) is 1. The summed E-state index contributed by atoms with van der Waals surface area (Å²) >= 11 is 0. The van der Waals surface area contributed by atoms with Crippen LogP contribution in [-0.2, 0) is 10.3 Å². The zero-order valence-electron chi connectivity index (χ0n) is 13.2. The first kappa shape index (κ1) is 14.4. The molecule has 0 spiro atoms. The number of morpholine rings is 1. The van der Waals surface area contributed by atoms with Gasteiger partial charge >= 0.3 is 0 Å². The Kier molecular flexibility index (Phi) is 3.43. The Hall–Kier alpha value is -1.56. The van der Waals surface area contributed by atoms with Crippen molar-refractivity contribution in [1.29, 1.82) is 0 Å². The lowest BCUT2D eigenvalue weighted by atomic mass is 9.87. The van der Waals surface area contributed by atoms with Crippen molar-refractivity contribution in [3.63, 3.8) is 0 Å². The Bertz CT molecular complexity index is 554. The molecule has 2 aliphatic rings. The van der Waals surface area contributed by atoms with E-state index in [0.717, 1.165) is 12.4 Å². The molecule has 3 rings (SSSR count). The van der Waals surface area contributed by atoms with Crippen LogP contribution in [0.2, 0.25) is 0 Å². The number of hydrogen-bond acceptors (Lipinski definition) is 4. The van der Waals surface area contributed by atoms with Crippen LogP contribution in [0.15, 0.2) is 6.07 Å². The molecule has 0 bridgehead atoms. The maximum absolute atomic E-state index is 12.2. The highest BCUT2D eigenvalue weighted by Crippen LogP contribution is 2.32. The molecule has 1 fully saturated rings. The first-order valence-corrected chi connectivity index (χ1v) is 7.66. The summed E-state index contributed by atoms with van der Waals surface area (Å²) in [4.78, 5) is 14.4. The number of carbonyl (C=O) groups is 1. The number of anilines is 1. The van der Waals surface area contributed by atoms with Crippen molar-refractivity contribution in [2.75, 3.05) is 31.2 Å². The molecule has 0 radical (unpaired) electrons. The number of fused-ring (bicyclic) bond motifs is 1. The third-order valence-corrected chi connectivity index (χ3v) is 4.93. The van der Waals surface area contributed by atoms with Crippen molar-refractivity contribution in [3.05, 3.63) is 11.8 Å². The summed E-state index contributed by atoms with van der Waals surface area (Å²) in [5.74, 6) is 1.23. The number of aromatic nitrogens is 2. The van der Waals surface area contributed by atoms with E-state index in [9.17, 15) is 4.79 Å². The van der Waals surface area contributed by atoms with Crippen molar-refractivity contribution in [3.8, 4) is 0 Å². The fraction of sp³-hybridized carbons (Fsp3) is 0.733. The SMILES string of the molecule is CC(C)[C@]1(C)CNC(=O)c2cc(N3CCOC[C@H]3C)nn21. The van der Waals surface area contributed by atoms with Crippen LogP contribution >= 0.6 is 0 Å². The minimum absolute atomic E-state index is 0.0345. The van der Waals surface area contributed by atoms with Gasteiger partial charge < -0.3 is 15.0 Å². The topological polar surface area (TPSA) is 59.4 Å². The van der Waals surface area contributed by atoms with Crippen LogP contribution in [0, 0.1) is 5.92 Å². The van der Waals surface area contributed by atoms with E-state index in [0.29, 0.717) is 31.4 Å². The summed E-state index contributed by atoms with van der Waals surface area (Å²) in [7, 11) is 0. The highest BCUT2D eigenvalue weighted by atomic mass is 16.5. The minimum atomic E-state index is -0.184. The maximum Gasteiger partial charge on any atom is 0.269 e. The van der Waals surface area contributed by atoms with Gasteiger partial charge in [-0.3, -0.25) is 4.79 Å². The number of carbonyl (C=O) groups excluding carboxylic acids is 1. The van der Waals surface area contributed by atoms with Crippen LogP contribution in [0.25, 0.3) is 0 Å². The van der Waals surface area contributed by atoms with Crippen LogP contribution in [0.1, 0.15) is 38.2 Å². The molecule has 0 aliphatic carbocycles. The van der Waals surface area contributed by atoms with Crippen molar-refractivity contribution in [2.24, 2.45) is 5.92 Å². The maximum atomic E-state index is 12.2. The Morgan fingerprint density at radius 1 is 1.52 bits per heavy atom. The normalized spacial score (nSPS) is 29.5. The predicted octanol–water partition coefficient (Wildman–Crippen LogP) is 1.22. The lowest BCUT2D eigenvalue weighted by Crippen LogP contribution is -2.53. The van der Waals surface area contributed by atoms with E-state index in [2.05, 4.69) is 37.9 Å². The second-order valence-corrected chi connectivity index (χ2v) is 6.61. The minimum Gasteiger partial charge on any atom is -0.377 e. The van der Waals surface area contributed by atoms with Crippen molar-refractivity contribution < 1.29 is 9.53 Å². The van der Waals surface area contributed by atoms with Gasteiger partial charge in [0.1, 0.15) is 5.69 Å². The summed E-state index contributed by atoms with van der Waals surface area (Å²) in [6.07, 6.45) is 0. The van der Waals surface area contributed by atoms with Crippen LogP contribution in [0.4, 0.5) is 5.82 Å². The Morgan fingerprint density at radius 2 is 2.29 bits per heavy atom. The lowest BCUT2D eigenvalue weighted by Gasteiger charge is -2.38. The standard InChI is InChI=1S/C15H24N4O2/c1-10(2)15(4)9-16-14(20)12-7-13(17-19(12)15)18-5-6-21-8-11(18)3/h7,10-11H,5-6,8-9H2,1-4H3,(H,16,20)/t11-,15+/m1/s1. The molecule has 1 saturated heterocycles. The molecule has 21 heavy (non-hydrogen) atoms. The molecule has 6 nitrogen and oxygen atoms in total. The van der Waals surface area contributed by atoms with Crippen molar-refractivity contribution in [1.82, 2.24) is 15.1 Å². The van der Waals surface area contributed by atoms with E-state index < -0.39 is 0 Å². The van der Waals surface area contributed by atoms with Gasteiger partial charge in [0.15, 0.2) is 5.82 Å².